The maximum absolute atomic E-state index is 12.3. The topological polar surface area (TPSA) is 66.4 Å². The predicted molar refractivity (Wildman–Crippen MR) is 77.4 cm³/mol. The Morgan fingerprint density at radius 1 is 1.25 bits per heavy atom. The van der Waals surface area contributed by atoms with Crippen molar-refractivity contribution in [3.05, 3.63) is 34.3 Å². The highest BCUT2D eigenvalue weighted by Gasteiger charge is 2.51. The Balaban J connectivity index is 1.77. The van der Waals surface area contributed by atoms with Gasteiger partial charge in [-0.2, -0.15) is 0 Å². The van der Waals surface area contributed by atoms with Crippen LogP contribution in [-0.2, 0) is 4.79 Å². The van der Waals surface area contributed by atoms with E-state index in [9.17, 15) is 14.7 Å². The highest BCUT2D eigenvalue weighted by molar-refractivity contribution is 9.10. The maximum Gasteiger partial charge on any atom is 0.308 e. The molecule has 0 spiro atoms. The molecule has 1 aromatic rings. The van der Waals surface area contributed by atoms with Crippen molar-refractivity contribution >= 4 is 27.8 Å². The number of benzene rings is 1. The van der Waals surface area contributed by atoms with Crippen LogP contribution >= 0.6 is 15.9 Å². The Bertz CT molecular complexity index is 560. The van der Waals surface area contributed by atoms with E-state index in [-0.39, 0.29) is 17.9 Å². The summed E-state index contributed by atoms with van der Waals surface area (Å²) in [7, 11) is 0. The molecule has 1 aromatic carbocycles. The Kier molecular flexibility index (Phi) is 3.54. The summed E-state index contributed by atoms with van der Waals surface area (Å²) in [6.45, 7) is 0. The van der Waals surface area contributed by atoms with Gasteiger partial charge in [0, 0.05) is 16.1 Å². The molecule has 0 aliphatic heterocycles. The van der Waals surface area contributed by atoms with Crippen LogP contribution in [0.1, 0.15) is 29.6 Å². The van der Waals surface area contributed by atoms with Gasteiger partial charge in [-0.3, -0.25) is 9.59 Å². The normalized spacial score (nSPS) is 31.2. The standard InChI is InChI=1S/C15H16BrNO3/c16-11-3-1-2-10(7-11)14(18)17-13-9-5-4-8(6-9)12(13)15(19)20/h1-3,7-9,12-13H,4-6H2,(H,17,18)(H,19,20). The summed E-state index contributed by atoms with van der Waals surface area (Å²) < 4.78 is 0.841. The Morgan fingerprint density at radius 3 is 2.70 bits per heavy atom. The lowest BCUT2D eigenvalue weighted by Gasteiger charge is -2.28. The number of rotatable bonds is 3. The Hall–Kier alpha value is -1.36. The fourth-order valence-corrected chi connectivity index (χ4v) is 4.12. The summed E-state index contributed by atoms with van der Waals surface area (Å²) in [5.74, 6) is -0.848. The number of nitrogens with one attached hydrogen (secondary N) is 1. The van der Waals surface area contributed by atoms with E-state index in [0.717, 1.165) is 23.7 Å². The predicted octanol–water partition coefficient (Wildman–Crippen LogP) is 2.68. The highest BCUT2D eigenvalue weighted by atomic mass is 79.9. The monoisotopic (exact) mass is 337 g/mol. The first-order valence-corrected chi connectivity index (χ1v) is 7.65. The minimum Gasteiger partial charge on any atom is -0.481 e. The van der Waals surface area contributed by atoms with Crippen LogP contribution in [0.3, 0.4) is 0 Å². The van der Waals surface area contributed by atoms with Gasteiger partial charge in [-0.25, -0.2) is 0 Å². The second-order valence-electron chi connectivity index (χ2n) is 5.71. The molecular weight excluding hydrogens is 322 g/mol. The van der Waals surface area contributed by atoms with Gasteiger partial charge in [0.2, 0.25) is 0 Å². The van der Waals surface area contributed by atoms with E-state index in [1.54, 1.807) is 18.2 Å². The molecule has 1 amide bonds. The molecule has 3 rings (SSSR count). The van der Waals surface area contributed by atoms with Gasteiger partial charge < -0.3 is 10.4 Å². The molecule has 5 heteroatoms. The lowest BCUT2D eigenvalue weighted by molar-refractivity contribution is -0.144. The SMILES string of the molecule is O=C(NC1C2CCC(C2)C1C(=O)O)c1cccc(Br)c1. The average Bonchev–Trinajstić information content (AvgIpc) is 2.99. The van der Waals surface area contributed by atoms with Crippen LogP contribution in [0.2, 0.25) is 0 Å². The number of hydrogen-bond donors (Lipinski definition) is 2. The zero-order chi connectivity index (χ0) is 14.3. The summed E-state index contributed by atoms with van der Waals surface area (Å²) in [5, 5.41) is 12.3. The van der Waals surface area contributed by atoms with Gasteiger partial charge in [-0.05, 0) is 49.3 Å². The summed E-state index contributed by atoms with van der Waals surface area (Å²) in [4.78, 5) is 23.7. The van der Waals surface area contributed by atoms with Crippen molar-refractivity contribution in [3.63, 3.8) is 0 Å². The van der Waals surface area contributed by atoms with Crippen LogP contribution < -0.4 is 5.32 Å². The van der Waals surface area contributed by atoms with Crippen molar-refractivity contribution in [1.29, 1.82) is 0 Å². The fourth-order valence-electron chi connectivity index (χ4n) is 3.72. The van der Waals surface area contributed by atoms with Gasteiger partial charge in [-0.15, -0.1) is 0 Å². The molecule has 106 valence electrons. The number of carboxylic acids is 1. The molecule has 20 heavy (non-hydrogen) atoms. The molecule has 4 nitrogen and oxygen atoms in total. The molecule has 4 atom stereocenters. The van der Waals surface area contributed by atoms with Gasteiger partial charge in [0.05, 0.1) is 5.92 Å². The molecule has 2 aliphatic carbocycles. The molecule has 4 unspecified atom stereocenters. The van der Waals surface area contributed by atoms with Crippen LogP contribution in [0.5, 0.6) is 0 Å². The van der Waals surface area contributed by atoms with Crippen LogP contribution in [-0.4, -0.2) is 23.0 Å². The fraction of sp³-hybridized carbons (Fsp3) is 0.467. The van der Waals surface area contributed by atoms with Crippen LogP contribution in [0.25, 0.3) is 0 Å². The van der Waals surface area contributed by atoms with Gasteiger partial charge in [0.25, 0.3) is 5.91 Å². The zero-order valence-electron chi connectivity index (χ0n) is 10.9. The van der Waals surface area contributed by atoms with E-state index in [4.69, 9.17) is 0 Å². The number of hydrogen-bond acceptors (Lipinski definition) is 2. The third-order valence-corrected chi connectivity index (χ3v) is 5.08. The van der Waals surface area contributed by atoms with Gasteiger partial charge in [-0.1, -0.05) is 22.0 Å². The smallest absolute Gasteiger partial charge is 0.308 e. The maximum atomic E-state index is 12.3. The van der Waals surface area contributed by atoms with Crippen molar-refractivity contribution < 1.29 is 14.7 Å². The third kappa shape index (κ3) is 2.35. The molecule has 2 N–H and O–H groups in total. The molecule has 2 fully saturated rings. The molecule has 0 heterocycles. The zero-order valence-corrected chi connectivity index (χ0v) is 12.5. The van der Waals surface area contributed by atoms with E-state index in [1.165, 1.54) is 0 Å². The summed E-state index contributed by atoms with van der Waals surface area (Å²) >= 11 is 3.34. The number of halogens is 1. The van der Waals surface area contributed by atoms with Crippen molar-refractivity contribution in [2.45, 2.75) is 25.3 Å². The first-order valence-electron chi connectivity index (χ1n) is 6.85. The summed E-state index contributed by atoms with van der Waals surface area (Å²) in [5.41, 5.74) is 0.561. The van der Waals surface area contributed by atoms with E-state index in [1.807, 2.05) is 6.07 Å². The summed E-state index contributed by atoms with van der Waals surface area (Å²) in [6.07, 6.45) is 2.93. The molecule has 2 bridgehead atoms. The lowest BCUT2D eigenvalue weighted by atomic mass is 9.84. The second-order valence-corrected chi connectivity index (χ2v) is 6.62. The summed E-state index contributed by atoms with van der Waals surface area (Å²) in [6, 6.07) is 6.92. The van der Waals surface area contributed by atoms with Gasteiger partial charge in [0.1, 0.15) is 0 Å². The first kappa shape index (κ1) is 13.6. The quantitative estimate of drug-likeness (QED) is 0.891. The van der Waals surface area contributed by atoms with Crippen molar-refractivity contribution in [1.82, 2.24) is 5.32 Å². The van der Waals surface area contributed by atoms with Gasteiger partial charge in [0.15, 0.2) is 0 Å². The number of carbonyl (C=O) groups is 2. The van der Waals surface area contributed by atoms with Crippen LogP contribution in [0, 0.1) is 17.8 Å². The molecule has 2 aliphatic rings. The Morgan fingerprint density at radius 2 is 2.00 bits per heavy atom. The van der Waals surface area contributed by atoms with E-state index < -0.39 is 11.9 Å². The Labute approximate surface area is 125 Å². The number of carboxylic acid groups (broad SMARTS) is 1. The highest BCUT2D eigenvalue weighted by Crippen LogP contribution is 2.48. The molecule has 2 saturated carbocycles. The van der Waals surface area contributed by atoms with Crippen molar-refractivity contribution in [2.24, 2.45) is 17.8 Å². The van der Waals surface area contributed by atoms with Crippen molar-refractivity contribution in [2.75, 3.05) is 0 Å². The average molecular weight is 338 g/mol. The van der Waals surface area contributed by atoms with Crippen LogP contribution in [0.4, 0.5) is 0 Å². The van der Waals surface area contributed by atoms with E-state index >= 15 is 0 Å². The molecule has 0 radical (unpaired) electrons. The number of fused-ring (bicyclic) bond motifs is 2. The number of amides is 1. The molecule has 0 saturated heterocycles. The minimum atomic E-state index is -0.781. The van der Waals surface area contributed by atoms with Crippen LogP contribution in [0.15, 0.2) is 28.7 Å². The number of aliphatic carboxylic acids is 1. The minimum absolute atomic E-state index is 0.185. The largest absolute Gasteiger partial charge is 0.481 e. The second kappa shape index (κ2) is 5.20. The van der Waals surface area contributed by atoms with E-state index in [2.05, 4.69) is 21.2 Å². The first-order chi connectivity index (χ1) is 9.56. The number of carbonyl (C=O) groups excluding carboxylic acids is 1. The third-order valence-electron chi connectivity index (χ3n) is 4.59. The van der Waals surface area contributed by atoms with Gasteiger partial charge >= 0.3 is 5.97 Å². The lowest BCUT2D eigenvalue weighted by Crippen LogP contribution is -2.46. The van der Waals surface area contributed by atoms with E-state index in [0.29, 0.717) is 11.5 Å². The van der Waals surface area contributed by atoms with Crippen molar-refractivity contribution in [3.8, 4) is 0 Å². The molecular formula is C15H16BrNO3. The molecule has 0 aromatic heterocycles.